The quantitative estimate of drug-likeness (QED) is 0.732. The van der Waals surface area contributed by atoms with Crippen molar-refractivity contribution >= 4 is 5.97 Å². The van der Waals surface area contributed by atoms with E-state index in [1.165, 1.54) is 18.2 Å². The smallest absolute Gasteiger partial charge is 0.309 e. The van der Waals surface area contributed by atoms with Crippen molar-refractivity contribution in [1.29, 1.82) is 0 Å². The molecule has 1 aromatic carbocycles. The SMILES string of the molecule is COC(=O)[C@@H]1C[C@@H]1c1ccc(C(C)(C)C)cc1. The van der Waals surface area contributed by atoms with Crippen LogP contribution in [0.3, 0.4) is 0 Å². The van der Waals surface area contributed by atoms with E-state index in [2.05, 4.69) is 45.0 Å². The first-order valence-electron chi connectivity index (χ1n) is 6.12. The van der Waals surface area contributed by atoms with Crippen molar-refractivity contribution in [3.8, 4) is 0 Å². The molecule has 0 aliphatic heterocycles. The van der Waals surface area contributed by atoms with Crippen molar-refractivity contribution in [2.75, 3.05) is 7.11 Å². The van der Waals surface area contributed by atoms with E-state index in [1.807, 2.05) is 0 Å². The third kappa shape index (κ3) is 2.51. The first-order valence-corrected chi connectivity index (χ1v) is 6.12. The number of benzene rings is 1. The molecule has 1 aliphatic carbocycles. The predicted molar refractivity (Wildman–Crippen MR) is 68.0 cm³/mol. The van der Waals surface area contributed by atoms with Crippen LogP contribution < -0.4 is 0 Å². The second-order valence-corrected chi connectivity index (χ2v) is 5.84. The standard InChI is InChI=1S/C15H20O2/c1-15(2,3)11-7-5-10(6-8-11)12-9-13(12)14(16)17-4/h5-8,12-13H,9H2,1-4H3/t12-,13-/m1/s1. The number of hydrogen-bond donors (Lipinski definition) is 0. The fourth-order valence-corrected chi connectivity index (χ4v) is 2.21. The number of hydrogen-bond acceptors (Lipinski definition) is 2. The molecule has 0 radical (unpaired) electrons. The largest absolute Gasteiger partial charge is 0.469 e. The van der Waals surface area contributed by atoms with Crippen LogP contribution in [0, 0.1) is 5.92 Å². The summed E-state index contributed by atoms with van der Waals surface area (Å²) in [4.78, 5) is 11.4. The van der Waals surface area contributed by atoms with Gasteiger partial charge in [-0.2, -0.15) is 0 Å². The van der Waals surface area contributed by atoms with Gasteiger partial charge in [0.2, 0.25) is 0 Å². The zero-order valence-corrected chi connectivity index (χ0v) is 11.0. The van der Waals surface area contributed by atoms with E-state index in [0.717, 1.165) is 6.42 Å². The number of esters is 1. The van der Waals surface area contributed by atoms with Gasteiger partial charge in [0.1, 0.15) is 0 Å². The second kappa shape index (κ2) is 4.17. The minimum Gasteiger partial charge on any atom is -0.469 e. The van der Waals surface area contributed by atoms with E-state index < -0.39 is 0 Å². The molecule has 92 valence electrons. The predicted octanol–water partition coefficient (Wildman–Crippen LogP) is 3.26. The van der Waals surface area contributed by atoms with Gasteiger partial charge in [-0.3, -0.25) is 4.79 Å². The zero-order chi connectivity index (χ0) is 12.6. The molecule has 1 aliphatic rings. The lowest BCUT2D eigenvalue weighted by atomic mass is 9.86. The average molecular weight is 232 g/mol. The Hall–Kier alpha value is -1.31. The minimum atomic E-state index is -0.0742. The first-order chi connectivity index (χ1) is 7.93. The number of rotatable bonds is 2. The van der Waals surface area contributed by atoms with Crippen molar-refractivity contribution in [1.82, 2.24) is 0 Å². The fourth-order valence-electron chi connectivity index (χ4n) is 2.21. The van der Waals surface area contributed by atoms with Crippen molar-refractivity contribution in [3.05, 3.63) is 35.4 Å². The second-order valence-electron chi connectivity index (χ2n) is 5.84. The molecule has 2 nitrogen and oxygen atoms in total. The van der Waals surface area contributed by atoms with Crippen LogP contribution in [0.5, 0.6) is 0 Å². The van der Waals surface area contributed by atoms with Crippen molar-refractivity contribution in [2.45, 2.75) is 38.5 Å². The number of carbonyl (C=O) groups excluding carboxylic acids is 1. The van der Waals surface area contributed by atoms with E-state index >= 15 is 0 Å². The third-order valence-electron chi connectivity index (χ3n) is 3.50. The Kier molecular flexibility index (Phi) is 2.98. The molecule has 1 aromatic rings. The maximum atomic E-state index is 11.4. The number of carbonyl (C=O) groups is 1. The summed E-state index contributed by atoms with van der Waals surface area (Å²) in [7, 11) is 1.46. The number of methoxy groups -OCH3 is 1. The van der Waals surface area contributed by atoms with Crippen molar-refractivity contribution < 1.29 is 9.53 Å². The molecule has 0 saturated heterocycles. The molecule has 0 spiro atoms. The molecule has 2 atom stereocenters. The van der Waals surface area contributed by atoms with Gasteiger partial charge >= 0.3 is 5.97 Å². The first kappa shape index (κ1) is 12.2. The van der Waals surface area contributed by atoms with Gasteiger partial charge in [-0.05, 0) is 28.9 Å². The van der Waals surface area contributed by atoms with Crippen LogP contribution in [0.1, 0.15) is 44.2 Å². The molecule has 0 amide bonds. The van der Waals surface area contributed by atoms with Gasteiger partial charge in [0.05, 0.1) is 13.0 Å². The van der Waals surface area contributed by atoms with Gasteiger partial charge in [0, 0.05) is 0 Å². The normalized spacial score (nSPS) is 23.3. The molecule has 2 heteroatoms. The van der Waals surface area contributed by atoms with Crippen molar-refractivity contribution in [2.24, 2.45) is 5.92 Å². The lowest BCUT2D eigenvalue weighted by molar-refractivity contribution is -0.142. The monoisotopic (exact) mass is 232 g/mol. The van der Waals surface area contributed by atoms with Crippen LogP contribution in [-0.2, 0) is 14.9 Å². The van der Waals surface area contributed by atoms with Gasteiger partial charge < -0.3 is 4.74 Å². The van der Waals surface area contributed by atoms with Crippen LogP contribution >= 0.6 is 0 Å². The van der Waals surface area contributed by atoms with Gasteiger partial charge in [-0.1, -0.05) is 45.0 Å². The summed E-state index contributed by atoms with van der Waals surface area (Å²) in [5.41, 5.74) is 2.77. The Labute approximate surface area is 103 Å². The average Bonchev–Trinajstić information content (AvgIpc) is 3.07. The molecule has 1 fully saturated rings. The maximum absolute atomic E-state index is 11.4. The van der Waals surface area contributed by atoms with Gasteiger partial charge in [-0.15, -0.1) is 0 Å². The lowest BCUT2D eigenvalue weighted by Gasteiger charge is -2.19. The van der Waals surface area contributed by atoms with Crippen molar-refractivity contribution in [3.63, 3.8) is 0 Å². The van der Waals surface area contributed by atoms with Crippen LogP contribution in [-0.4, -0.2) is 13.1 Å². The fraction of sp³-hybridized carbons (Fsp3) is 0.533. The zero-order valence-electron chi connectivity index (χ0n) is 11.0. The Morgan fingerprint density at radius 2 is 1.82 bits per heavy atom. The lowest BCUT2D eigenvalue weighted by Crippen LogP contribution is -2.10. The molecule has 0 bridgehead atoms. The highest BCUT2D eigenvalue weighted by Crippen LogP contribution is 2.48. The van der Waals surface area contributed by atoms with Gasteiger partial charge in [0.15, 0.2) is 0 Å². The molecular formula is C15H20O2. The summed E-state index contributed by atoms with van der Waals surface area (Å²) < 4.78 is 4.76. The summed E-state index contributed by atoms with van der Waals surface area (Å²) in [5, 5.41) is 0. The summed E-state index contributed by atoms with van der Waals surface area (Å²) in [6, 6.07) is 8.63. The van der Waals surface area contributed by atoms with E-state index in [-0.39, 0.29) is 17.3 Å². The Balaban J connectivity index is 2.08. The van der Waals surface area contributed by atoms with E-state index in [0.29, 0.717) is 5.92 Å². The van der Waals surface area contributed by atoms with Crippen LogP contribution in [0.2, 0.25) is 0 Å². The summed E-state index contributed by atoms with van der Waals surface area (Å²) >= 11 is 0. The molecule has 0 unspecified atom stereocenters. The van der Waals surface area contributed by atoms with Gasteiger partial charge in [0.25, 0.3) is 0 Å². The van der Waals surface area contributed by atoms with E-state index in [1.54, 1.807) is 0 Å². The Bertz CT molecular complexity index is 412. The molecule has 2 rings (SSSR count). The maximum Gasteiger partial charge on any atom is 0.309 e. The molecule has 17 heavy (non-hydrogen) atoms. The summed E-state index contributed by atoms with van der Waals surface area (Å²) in [5.74, 6) is 0.381. The third-order valence-corrected chi connectivity index (χ3v) is 3.50. The van der Waals surface area contributed by atoms with E-state index in [9.17, 15) is 4.79 Å². The van der Waals surface area contributed by atoms with Crippen LogP contribution in [0.15, 0.2) is 24.3 Å². The summed E-state index contributed by atoms with van der Waals surface area (Å²) in [6.07, 6.45) is 0.932. The highest BCUT2D eigenvalue weighted by molar-refractivity contribution is 5.77. The topological polar surface area (TPSA) is 26.3 Å². The Morgan fingerprint density at radius 3 is 2.29 bits per heavy atom. The number of ether oxygens (including phenoxy) is 1. The Morgan fingerprint density at radius 1 is 1.24 bits per heavy atom. The molecule has 0 N–H and O–H groups in total. The molecule has 0 heterocycles. The molecule has 0 aromatic heterocycles. The van der Waals surface area contributed by atoms with Crippen LogP contribution in [0.4, 0.5) is 0 Å². The molecule has 1 saturated carbocycles. The highest BCUT2D eigenvalue weighted by Gasteiger charge is 2.44. The van der Waals surface area contributed by atoms with E-state index in [4.69, 9.17) is 4.74 Å². The minimum absolute atomic E-state index is 0.0742. The van der Waals surface area contributed by atoms with Gasteiger partial charge in [-0.25, -0.2) is 0 Å². The highest BCUT2D eigenvalue weighted by atomic mass is 16.5. The summed E-state index contributed by atoms with van der Waals surface area (Å²) in [6.45, 7) is 6.61. The molecular weight excluding hydrogens is 212 g/mol. The van der Waals surface area contributed by atoms with Crippen LogP contribution in [0.25, 0.3) is 0 Å².